The van der Waals surface area contributed by atoms with Gasteiger partial charge < -0.3 is 25.3 Å². The fraction of sp³-hybridized carbons (Fsp3) is 0.655. The summed E-state index contributed by atoms with van der Waals surface area (Å²) in [5.41, 5.74) is 2.88. The Morgan fingerprint density at radius 2 is 1.92 bits per heavy atom. The van der Waals surface area contributed by atoms with Crippen molar-refractivity contribution in [2.24, 2.45) is 11.8 Å². The van der Waals surface area contributed by atoms with Crippen LogP contribution >= 0.6 is 11.8 Å². The van der Waals surface area contributed by atoms with Gasteiger partial charge in [-0.25, -0.2) is 0 Å². The molecule has 0 bridgehead atoms. The van der Waals surface area contributed by atoms with E-state index < -0.39 is 0 Å². The fourth-order valence-corrected chi connectivity index (χ4v) is 7.74. The number of thioether (sulfide) groups is 1. The Hall–Kier alpha value is -2.03. The van der Waals surface area contributed by atoms with E-state index in [1.165, 1.54) is 25.7 Å². The number of amides is 2. The minimum absolute atomic E-state index is 0.0427. The highest BCUT2D eigenvalue weighted by Gasteiger charge is 2.35. The topological polar surface area (TPSA) is 84.4 Å². The number of ether oxygens (including phenoxy) is 1. The number of hydrogen-bond acceptors (Lipinski definition) is 5. The standard InChI is InChI=1S/C29H42N4O3S/c1-17-13-26(37-4)24(28(34)31-17)14-30-29(35)27-19(3)33(25-8-6-5-7-23(25)27)18(2)20-9-11-21(12-10-20)32-22-15-36-16-22/h5-8,17-18,20-22,24,26,32H,9-16H2,1-4H3,(H,30,35)(H,31,34)/t17?,18-,20?,21?,24?,26?/m1/s1. The van der Waals surface area contributed by atoms with E-state index >= 15 is 0 Å². The van der Waals surface area contributed by atoms with Crippen LogP contribution in [0.2, 0.25) is 0 Å². The highest BCUT2D eigenvalue weighted by atomic mass is 32.2. The van der Waals surface area contributed by atoms with E-state index in [-0.39, 0.29) is 29.0 Å². The van der Waals surface area contributed by atoms with Crippen molar-refractivity contribution < 1.29 is 14.3 Å². The lowest BCUT2D eigenvalue weighted by atomic mass is 9.81. The predicted octanol–water partition coefficient (Wildman–Crippen LogP) is 4.04. The molecule has 5 rings (SSSR count). The van der Waals surface area contributed by atoms with E-state index in [9.17, 15) is 9.59 Å². The Morgan fingerprint density at radius 3 is 2.59 bits per heavy atom. The Kier molecular flexibility index (Phi) is 8.17. The molecule has 0 radical (unpaired) electrons. The molecule has 3 N–H and O–H groups in total. The fourth-order valence-electron chi connectivity index (χ4n) is 6.71. The van der Waals surface area contributed by atoms with Gasteiger partial charge in [-0.15, -0.1) is 0 Å². The van der Waals surface area contributed by atoms with Crippen molar-refractivity contribution in [1.29, 1.82) is 0 Å². The molecule has 1 aliphatic carbocycles. The SMILES string of the molecule is CSC1CC(C)NC(=O)C1CNC(=O)c1c(C)n([C@H](C)C2CCC(NC3COC3)CC2)c2ccccc12. The number of nitrogens with zero attached hydrogens (tertiary/aromatic N) is 1. The van der Waals surface area contributed by atoms with Gasteiger partial charge in [-0.1, -0.05) is 18.2 Å². The lowest BCUT2D eigenvalue weighted by molar-refractivity contribution is -0.127. The number of hydrogen-bond donors (Lipinski definition) is 3. The minimum Gasteiger partial charge on any atom is -0.378 e. The number of carbonyl (C=O) groups excluding carboxylic acids is 2. The first-order chi connectivity index (χ1) is 17.9. The van der Waals surface area contributed by atoms with Gasteiger partial charge in [0.05, 0.1) is 30.7 Å². The molecule has 3 fully saturated rings. The van der Waals surface area contributed by atoms with Gasteiger partial charge in [0.1, 0.15) is 0 Å². The maximum atomic E-state index is 13.6. The Morgan fingerprint density at radius 1 is 1.19 bits per heavy atom. The van der Waals surface area contributed by atoms with Gasteiger partial charge in [0.15, 0.2) is 0 Å². The van der Waals surface area contributed by atoms with E-state index in [0.29, 0.717) is 30.6 Å². The number of benzene rings is 1. The van der Waals surface area contributed by atoms with E-state index in [1.54, 1.807) is 11.8 Å². The quantitative estimate of drug-likeness (QED) is 0.484. The van der Waals surface area contributed by atoms with E-state index in [0.717, 1.165) is 41.8 Å². The average Bonchev–Trinajstić information content (AvgIpc) is 3.16. The van der Waals surface area contributed by atoms with E-state index in [1.807, 2.05) is 13.0 Å². The summed E-state index contributed by atoms with van der Waals surface area (Å²) in [7, 11) is 0. The van der Waals surface area contributed by atoms with Gasteiger partial charge >= 0.3 is 0 Å². The molecule has 3 aliphatic rings. The molecule has 8 heteroatoms. The van der Waals surface area contributed by atoms with Crippen LogP contribution < -0.4 is 16.0 Å². The highest BCUT2D eigenvalue weighted by molar-refractivity contribution is 7.99. The van der Waals surface area contributed by atoms with Crippen molar-refractivity contribution in [3.05, 3.63) is 35.5 Å². The molecule has 3 unspecified atom stereocenters. The second-order valence-electron chi connectivity index (χ2n) is 11.3. The number of rotatable bonds is 8. The van der Waals surface area contributed by atoms with Crippen molar-refractivity contribution in [2.45, 2.75) is 82.3 Å². The molecule has 2 saturated heterocycles. The zero-order chi connectivity index (χ0) is 26.1. The van der Waals surface area contributed by atoms with Crippen LogP contribution in [0.15, 0.2) is 24.3 Å². The van der Waals surface area contributed by atoms with Crippen LogP contribution in [0, 0.1) is 18.8 Å². The van der Waals surface area contributed by atoms with Gasteiger partial charge in [0, 0.05) is 46.5 Å². The molecule has 3 heterocycles. The predicted molar refractivity (Wildman–Crippen MR) is 150 cm³/mol. The summed E-state index contributed by atoms with van der Waals surface area (Å²) in [5.74, 6) is 0.331. The van der Waals surface area contributed by atoms with Crippen molar-refractivity contribution in [1.82, 2.24) is 20.5 Å². The second kappa shape index (κ2) is 11.4. The molecule has 1 aromatic carbocycles. The largest absolute Gasteiger partial charge is 0.378 e. The third kappa shape index (κ3) is 5.43. The number of fused-ring (bicyclic) bond motifs is 1. The summed E-state index contributed by atoms with van der Waals surface area (Å²) in [6, 6.07) is 9.87. The summed E-state index contributed by atoms with van der Waals surface area (Å²) in [5, 5.41) is 11.2. The maximum absolute atomic E-state index is 13.6. The summed E-state index contributed by atoms with van der Waals surface area (Å²) in [6.07, 6.45) is 7.73. The third-order valence-electron chi connectivity index (χ3n) is 8.90. The molecule has 2 aliphatic heterocycles. The zero-order valence-corrected chi connectivity index (χ0v) is 23.4. The van der Waals surface area contributed by atoms with Crippen molar-refractivity contribution in [3.63, 3.8) is 0 Å². The lowest BCUT2D eigenvalue weighted by Crippen LogP contribution is -2.52. The van der Waals surface area contributed by atoms with Gasteiger partial charge in [-0.05, 0) is 71.1 Å². The second-order valence-corrected chi connectivity index (χ2v) is 12.4. The van der Waals surface area contributed by atoms with Crippen molar-refractivity contribution >= 4 is 34.5 Å². The van der Waals surface area contributed by atoms with Crippen LogP contribution in [0.5, 0.6) is 0 Å². The molecule has 1 saturated carbocycles. The first-order valence-electron chi connectivity index (χ1n) is 13.9. The molecule has 202 valence electrons. The zero-order valence-electron chi connectivity index (χ0n) is 22.6. The van der Waals surface area contributed by atoms with Crippen LogP contribution in [0.4, 0.5) is 0 Å². The smallest absolute Gasteiger partial charge is 0.253 e. The Labute approximate surface area is 224 Å². The first-order valence-corrected chi connectivity index (χ1v) is 15.2. The van der Waals surface area contributed by atoms with Crippen LogP contribution in [0.3, 0.4) is 0 Å². The van der Waals surface area contributed by atoms with Crippen molar-refractivity contribution in [3.8, 4) is 0 Å². The van der Waals surface area contributed by atoms with E-state index in [2.05, 4.69) is 58.8 Å². The van der Waals surface area contributed by atoms with Crippen LogP contribution in [0.1, 0.15) is 68.0 Å². The van der Waals surface area contributed by atoms with Gasteiger partial charge in [-0.2, -0.15) is 11.8 Å². The number of piperidine rings is 1. The minimum atomic E-state index is -0.210. The van der Waals surface area contributed by atoms with Crippen LogP contribution in [0.25, 0.3) is 10.9 Å². The molecular weight excluding hydrogens is 484 g/mol. The van der Waals surface area contributed by atoms with Crippen molar-refractivity contribution in [2.75, 3.05) is 26.0 Å². The Balaban J connectivity index is 1.31. The first kappa shape index (κ1) is 26.6. The molecule has 2 aromatic rings. The maximum Gasteiger partial charge on any atom is 0.253 e. The molecule has 7 nitrogen and oxygen atoms in total. The average molecular weight is 527 g/mol. The lowest BCUT2D eigenvalue weighted by Gasteiger charge is -2.37. The molecule has 2 amide bonds. The van der Waals surface area contributed by atoms with Gasteiger partial charge in [-0.3, -0.25) is 9.59 Å². The van der Waals surface area contributed by atoms with E-state index in [4.69, 9.17) is 4.74 Å². The number of aromatic nitrogens is 1. The van der Waals surface area contributed by atoms with Gasteiger partial charge in [0.25, 0.3) is 5.91 Å². The molecule has 1 aromatic heterocycles. The number of carbonyl (C=O) groups is 2. The summed E-state index contributed by atoms with van der Waals surface area (Å²) in [6.45, 7) is 8.49. The summed E-state index contributed by atoms with van der Waals surface area (Å²) < 4.78 is 7.71. The molecule has 4 atom stereocenters. The van der Waals surface area contributed by atoms with Crippen LogP contribution in [-0.4, -0.2) is 65.8 Å². The monoisotopic (exact) mass is 526 g/mol. The molecule has 0 spiro atoms. The summed E-state index contributed by atoms with van der Waals surface area (Å²) in [4.78, 5) is 26.3. The Bertz CT molecular complexity index is 1120. The molecule has 37 heavy (non-hydrogen) atoms. The van der Waals surface area contributed by atoms with Gasteiger partial charge in [0.2, 0.25) is 5.91 Å². The normalized spacial score (nSPS) is 29.5. The summed E-state index contributed by atoms with van der Waals surface area (Å²) >= 11 is 1.72. The molecular formula is C29H42N4O3S. The highest BCUT2D eigenvalue weighted by Crippen LogP contribution is 2.38. The number of para-hydroxylation sites is 1. The number of nitrogens with one attached hydrogen (secondary N) is 3. The van der Waals surface area contributed by atoms with Crippen LogP contribution in [-0.2, 0) is 9.53 Å². The third-order valence-corrected chi connectivity index (χ3v) is 10.0.